The number of fused-ring (bicyclic) bond motifs is 6. The number of nitrogens with zero attached hydrogens (tertiary/aromatic N) is 1. The van der Waals surface area contributed by atoms with Gasteiger partial charge in [0.25, 0.3) is 0 Å². The first-order valence-corrected chi connectivity index (χ1v) is 22.8. The fourth-order valence-corrected chi connectivity index (χ4v) is 10.9. The van der Waals surface area contributed by atoms with Gasteiger partial charge in [0, 0.05) is 33.2 Å². The Kier molecular flexibility index (Phi) is 9.76. The van der Waals surface area contributed by atoms with Crippen molar-refractivity contribution in [3.63, 3.8) is 0 Å². The molecule has 0 saturated heterocycles. The molecule has 0 N–H and O–H groups in total. The molecule has 2 aliphatic carbocycles. The Hall–Kier alpha value is -6.90. The first-order valence-electron chi connectivity index (χ1n) is 22.8. The quantitative estimate of drug-likeness (QED) is 0.149. The minimum atomic E-state index is -0.174. The summed E-state index contributed by atoms with van der Waals surface area (Å²) in [4.78, 5) is 2.42. The number of allylic oxidation sites excluding steroid dienone is 2. The molecule has 1 aromatic heterocycles. The molecule has 0 radical (unpaired) electrons. The molecule has 1 heterocycles. The molecule has 63 heavy (non-hydrogen) atoms. The Morgan fingerprint density at radius 3 is 1.89 bits per heavy atom. The van der Waals surface area contributed by atoms with Gasteiger partial charge in [0.1, 0.15) is 11.2 Å². The Morgan fingerprint density at radius 1 is 0.508 bits per heavy atom. The van der Waals surface area contributed by atoms with Crippen molar-refractivity contribution in [2.45, 2.75) is 58.3 Å². The van der Waals surface area contributed by atoms with E-state index >= 15 is 0 Å². The van der Waals surface area contributed by atoms with Crippen LogP contribution in [0.1, 0.15) is 69.6 Å². The van der Waals surface area contributed by atoms with Gasteiger partial charge in [-0.05, 0) is 153 Å². The fraction of sp³-hybridized carbons (Fsp3) is 0.180. The first kappa shape index (κ1) is 39.0. The third-order valence-electron chi connectivity index (χ3n) is 14.0. The van der Waals surface area contributed by atoms with E-state index in [0.29, 0.717) is 17.8 Å². The van der Waals surface area contributed by atoms with Crippen LogP contribution in [-0.2, 0) is 5.41 Å². The minimum absolute atomic E-state index is 0.174. The third-order valence-corrected chi connectivity index (χ3v) is 14.0. The molecule has 2 heteroatoms. The Balaban J connectivity index is 1.00. The van der Waals surface area contributed by atoms with Crippen LogP contribution in [0.25, 0.3) is 66.4 Å². The molecule has 0 bridgehead atoms. The molecule has 2 aliphatic rings. The van der Waals surface area contributed by atoms with Crippen molar-refractivity contribution in [2.75, 3.05) is 4.90 Å². The number of furan rings is 1. The predicted molar refractivity (Wildman–Crippen MR) is 266 cm³/mol. The summed E-state index contributed by atoms with van der Waals surface area (Å²) in [7, 11) is 0. The van der Waals surface area contributed by atoms with E-state index in [1.807, 2.05) is 0 Å². The summed E-state index contributed by atoms with van der Waals surface area (Å²) in [6, 6.07) is 67.0. The van der Waals surface area contributed by atoms with Crippen LogP contribution in [0.15, 0.2) is 199 Å². The predicted octanol–water partition coefficient (Wildman–Crippen LogP) is 17.5. The Bertz CT molecular complexity index is 3130. The van der Waals surface area contributed by atoms with Crippen molar-refractivity contribution in [2.24, 2.45) is 11.8 Å². The molecule has 3 atom stereocenters. The highest BCUT2D eigenvalue weighted by Crippen LogP contribution is 2.54. The standard InChI is InChI=1S/C61H53NO/c1-40-14-11-19-46(37-41(2)36-40)47-28-35-57-54(38-47)60-52(21-13-23-58(60)63-57)45-26-31-49(32-27-45)62(48-29-24-43(25-30-48)42-15-7-5-8-16-42)50-33-34-53-56(39-50)61(3,4)55-22-12-20-51(59(53)55)44-17-9-6-10-18-44/h5-18,20-35,38-41,46H,19,36-37H2,1-4H3/b14-11+. The van der Waals surface area contributed by atoms with Gasteiger partial charge in [-0.1, -0.05) is 167 Å². The van der Waals surface area contributed by atoms with Crippen molar-refractivity contribution in [3.8, 4) is 44.5 Å². The van der Waals surface area contributed by atoms with Gasteiger partial charge < -0.3 is 9.32 Å². The zero-order chi connectivity index (χ0) is 42.7. The van der Waals surface area contributed by atoms with E-state index < -0.39 is 0 Å². The van der Waals surface area contributed by atoms with Crippen LogP contribution < -0.4 is 4.90 Å². The third kappa shape index (κ3) is 6.99. The van der Waals surface area contributed by atoms with Gasteiger partial charge in [0.15, 0.2) is 0 Å². The van der Waals surface area contributed by atoms with Crippen molar-refractivity contribution in [1.29, 1.82) is 0 Å². The van der Waals surface area contributed by atoms with E-state index in [2.05, 4.69) is 227 Å². The van der Waals surface area contributed by atoms with Crippen molar-refractivity contribution in [3.05, 3.63) is 211 Å². The summed E-state index contributed by atoms with van der Waals surface area (Å²) in [6.45, 7) is 9.52. The summed E-state index contributed by atoms with van der Waals surface area (Å²) >= 11 is 0. The second-order valence-electron chi connectivity index (χ2n) is 18.7. The van der Waals surface area contributed by atoms with Gasteiger partial charge >= 0.3 is 0 Å². The normalized spacial score (nSPS) is 18.4. The summed E-state index contributed by atoms with van der Waals surface area (Å²) in [5.41, 5.74) is 19.2. The lowest BCUT2D eigenvalue weighted by Gasteiger charge is -2.28. The lowest BCUT2D eigenvalue weighted by atomic mass is 9.81. The molecule has 0 spiro atoms. The van der Waals surface area contributed by atoms with Gasteiger partial charge in [-0.15, -0.1) is 0 Å². The van der Waals surface area contributed by atoms with Crippen LogP contribution >= 0.6 is 0 Å². The summed E-state index contributed by atoms with van der Waals surface area (Å²) < 4.78 is 6.54. The molecule has 3 unspecified atom stereocenters. The molecule has 0 fully saturated rings. The Labute approximate surface area is 372 Å². The maximum absolute atomic E-state index is 6.54. The lowest BCUT2D eigenvalue weighted by Crippen LogP contribution is -2.16. The summed E-state index contributed by atoms with van der Waals surface area (Å²) in [5, 5.41) is 2.39. The van der Waals surface area contributed by atoms with Crippen molar-refractivity contribution < 1.29 is 4.42 Å². The van der Waals surface area contributed by atoms with Gasteiger partial charge in [0.2, 0.25) is 0 Å². The number of benzene rings is 8. The van der Waals surface area contributed by atoms with Crippen molar-refractivity contribution >= 4 is 39.0 Å². The van der Waals surface area contributed by atoms with Crippen LogP contribution in [0, 0.1) is 11.8 Å². The molecule has 308 valence electrons. The van der Waals surface area contributed by atoms with Gasteiger partial charge in [-0.25, -0.2) is 0 Å². The largest absolute Gasteiger partial charge is 0.456 e. The second-order valence-corrected chi connectivity index (χ2v) is 18.7. The highest BCUT2D eigenvalue weighted by molar-refractivity contribution is 6.12. The highest BCUT2D eigenvalue weighted by atomic mass is 16.3. The van der Waals surface area contributed by atoms with Gasteiger partial charge in [0.05, 0.1) is 0 Å². The topological polar surface area (TPSA) is 16.4 Å². The second kappa shape index (κ2) is 15.8. The van der Waals surface area contributed by atoms with E-state index in [-0.39, 0.29) is 5.41 Å². The van der Waals surface area contributed by atoms with Gasteiger partial charge in [-0.3, -0.25) is 0 Å². The van der Waals surface area contributed by atoms with Crippen LogP contribution in [0.3, 0.4) is 0 Å². The molecule has 9 aromatic rings. The number of anilines is 3. The summed E-state index contributed by atoms with van der Waals surface area (Å²) in [6.07, 6.45) is 8.37. The average molecular weight is 816 g/mol. The van der Waals surface area contributed by atoms with E-state index in [1.165, 1.54) is 84.8 Å². The molecular formula is C61H53NO. The zero-order valence-corrected chi connectivity index (χ0v) is 36.7. The molecular weight excluding hydrogens is 763 g/mol. The molecule has 11 rings (SSSR count). The van der Waals surface area contributed by atoms with Crippen LogP contribution in [0.4, 0.5) is 17.1 Å². The SMILES string of the molecule is CC1/C=C/CC(c2ccc3oc4cccc(-c5ccc(N(c6ccc(-c7ccccc7)cc6)c6ccc7c(c6)C(C)(C)c6cccc(-c8ccccc8)c6-7)cc5)c4c3c2)CC(C)C1. The maximum atomic E-state index is 6.54. The smallest absolute Gasteiger partial charge is 0.136 e. The molecule has 8 aromatic carbocycles. The first-order chi connectivity index (χ1) is 30.8. The van der Waals surface area contributed by atoms with Gasteiger partial charge in [-0.2, -0.15) is 0 Å². The van der Waals surface area contributed by atoms with E-state index in [4.69, 9.17) is 4.42 Å². The lowest BCUT2D eigenvalue weighted by molar-refractivity contribution is 0.392. The minimum Gasteiger partial charge on any atom is -0.456 e. The van der Waals surface area contributed by atoms with E-state index in [9.17, 15) is 0 Å². The fourth-order valence-electron chi connectivity index (χ4n) is 10.9. The van der Waals surface area contributed by atoms with E-state index in [0.717, 1.165) is 34.6 Å². The zero-order valence-electron chi connectivity index (χ0n) is 36.7. The number of hydrogen-bond acceptors (Lipinski definition) is 2. The highest BCUT2D eigenvalue weighted by Gasteiger charge is 2.37. The number of rotatable bonds is 7. The van der Waals surface area contributed by atoms with Crippen LogP contribution in [0.2, 0.25) is 0 Å². The monoisotopic (exact) mass is 815 g/mol. The van der Waals surface area contributed by atoms with Crippen molar-refractivity contribution in [1.82, 2.24) is 0 Å². The number of hydrogen-bond donors (Lipinski definition) is 0. The van der Waals surface area contributed by atoms with Crippen LogP contribution in [-0.4, -0.2) is 0 Å². The Morgan fingerprint density at radius 2 is 1.14 bits per heavy atom. The summed E-state index contributed by atoms with van der Waals surface area (Å²) in [5.74, 6) is 1.84. The molecule has 0 saturated carbocycles. The van der Waals surface area contributed by atoms with Crippen LogP contribution in [0.5, 0.6) is 0 Å². The maximum Gasteiger partial charge on any atom is 0.136 e. The molecule has 0 aliphatic heterocycles. The molecule has 0 amide bonds. The molecule has 2 nitrogen and oxygen atoms in total. The average Bonchev–Trinajstić information content (AvgIpc) is 3.80. The van der Waals surface area contributed by atoms with E-state index in [1.54, 1.807) is 0 Å².